The summed E-state index contributed by atoms with van der Waals surface area (Å²) in [5.41, 5.74) is 1.39. The topological polar surface area (TPSA) is 46.6 Å². The van der Waals surface area contributed by atoms with Crippen molar-refractivity contribution in [3.05, 3.63) is 23.8 Å². The summed E-state index contributed by atoms with van der Waals surface area (Å²) in [6.45, 7) is 6.99. The van der Waals surface area contributed by atoms with Crippen molar-refractivity contribution in [1.29, 1.82) is 0 Å². The Morgan fingerprint density at radius 2 is 2.14 bits per heavy atom. The summed E-state index contributed by atoms with van der Waals surface area (Å²) in [4.78, 5) is 25.9. The Bertz CT molecular complexity index is 537. The molecule has 0 bridgehead atoms. The van der Waals surface area contributed by atoms with E-state index in [9.17, 15) is 9.59 Å². The van der Waals surface area contributed by atoms with E-state index in [-0.39, 0.29) is 18.3 Å². The molecule has 114 valence electrons. The van der Waals surface area contributed by atoms with E-state index in [2.05, 4.69) is 13.8 Å². The minimum absolute atomic E-state index is 0.0387. The molecule has 1 aromatic carbocycles. The molecule has 2 rings (SSSR count). The van der Waals surface area contributed by atoms with E-state index in [0.717, 1.165) is 18.5 Å². The predicted octanol–water partition coefficient (Wildman–Crippen LogP) is 3.44. The number of nitrogens with zero attached hydrogens (tertiary/aromatic N) is 1. The largest absolute Gasteiger partial charge is 0.482 e. The minimum Gasteiger partial charge on any atom is -0.482 e. The number of benzene rings is 1. The first kappa shape index (κ1) is 15.5. The van der Waals surface area contributed by atoms with Crippen molar-refractivity contribution in [3.63, 3.8) is 0 Å². The fourth-order valence-corrected chi connectivity index (χ4v) is 2.38. The van der Waals surface area contributed by atoms with Gasteiger partial charge in [-0.3, -0.25) is 9.59 Å². The zero-order valence-corrected chi connectivity index (χ0v) is 13.0. The second kappa shape index (κ2) is 6.74. The standard InChI is InChI=1S/C17H23NO3/c1-4-5-15(19)13-6-7-16-14(10-13)18(9-8-12(2)3)17(20)11-21-16/h6-7,10,12H,4-5,8-9,11H2,1-3H3. The van der Waals surface area contributed by atoms with E-state index in [1.165, 1.54) is 0 Å². The third-order valence-electron chi connectivity index (χ3n) is 3.63. The highest BCUT2D eigenvalue weighted by Crippen LogP contribution is 2.33. The van der Waals surface area contributed by atoms with Gasteiger partial charge in [-0.2, -0.15) is 0 Å². The molecule has 0 saturated heterocycles. The minimum atomic E-state index is -0.0387. The second-order valence-electron chi connectivity index (χ2n) is 5.87. The number of ether oxygens (including phenoxy) is 1. The lowest BCUT2D eigenvalue weighted by molar-refractivity contribution is -0.121. The van der Waals surface area contributed by atoms with Crippen LogP contribution in [0.15, 0.2) is 18.2 Å². The lowest BCUT2D eigenvalue weighted by atomic mass is 10.0. The van der Waals surface area contributed by atoms with Crippen molar-refractivity contribution in [3.8, 4) is 5.75 Å². The Morgan fingerprint density at radius 1 is 1.38 bits per heavy atom. The summed E-state index contributed by atoms with van der Waals surface area (Å²) in [7, 11) is 0. The Balaban J connectivity index is 2.28. The maximum absolute atomic E-state index is 12.1. The quantitative estimate of drug-likeness (QED) is 0.754. The first-order valence-corrected chi connectivity index (χ1v) is 7.63. The molecule has 1 amide bonds. The highest BCUT2D eigenvalue weighted by atomic mass is 16.5. The lowest BCUT2D eigenvalue weighted by Gasteiger charge is -2.30. The van der Waals surface area contributed by atoms with Gasteiger partial charge in [0.15, 0.2) is 12.4 Å². The third-order valence-corrected chi connectivity index (χ3v) is 3.63. The number of carbonyl (C=O) groups excluding carboxylic acids is 2. The fourth-order valence-electron chi connectivity index (χ4n) is 2.38. The van der Waals surface area contributed by atoms with Gasteiger partial charge in [-0.1, -0.05) is 20.8 Å². The summed E-state index contributed by atoms with van der Waals surface area (Å²) < 4.78 is 5.46. The van der Waals surface area contributed by atoms with E-state index in [1.807, 2.05) is 6.92 Å². The zero-order valence-electron chi connectivity index (χ0n) is 13.0. The Morgan fingerprint density at radius 3 is 2.81 bits per heavy atom. The highest BCUT2D eigenvalue weighted by molar-refractivity contribution is 6.01. The molecule has 0 N–H and O–H groups in total. The van der Waals surface area contributed by atoms with Gasteiger partial charge in [-0.15, -0.1) is 0 Å². The van der Waals surface area contributed by atoms with Crippen LogP contribution in [0.3, 0.4) is 0 Å². The van der Waals surface area contributed by atoms with Gasteiger partial charge in [0.2, 0.25) is 0 Å². The van der Waals surface area contributed by atoms with Crippen LogP contribution in [0.4, 0.5) is 5.69 Å². The van der Waals surface area contributed by atoms with E-state index < -0.39 is 0 Å². The van der Waals surface area contributed by atoms with Crippen LogP contribution in [0, 0.1) is 5.92 Å². The molecule has 0 unspecified atom stereocenters. The van der Waals surface area contributed by atoms with Crippen molar-refractivity contribution in [2.45, 2.75) is 40.0 Å². The van der Waals surface area contributed by atoms with Gasteiger partial charge < -0.3 is 9.64 Å². The van der Waals surface area contributed by atoms with Gasteiger partial charge in [0.1, 0.15) is 5.75 Å². The number of anilines is 1. The summed E-state index contributed by atoms with van der Waals surface area (Å²) in [5, 5.41) is 0. The van der Waals surface area contributed by atoms with Crippen molar-refractivity contribution in [2.75, 3.05) is 18.1 Å². The number of rotatable bonds is 6. The molecule has 21 heavy (non-hydrogen) atoms. The van der Waals surface area contributed by atoms with E-state index >= 15 is 0 Å². The molecule has 1 aliphatic heterocycles. The van der Waals surface area contributed by atoms with Gasteiger partial charge >= 0.3 is 0 Å². The van der Waals surface area contributed by atoms with E-state index in [0.29, 0.717) is 30.2 Å². The van der Waals surface area contributed by atoms with Crippen LogP contribution in [0.5, 0.6) is 5.75 Å². The number of Topliss-reactive ketones (excluding diaryl/α,β-unsaturated/α-hetero) is 1. The average molecular weight is 289 g/mol. The van der Waals surface area contributed by atoms with Gasteiger partial charge in [-0.05, 0) is 37.0 Å². The molecule has 0 fully saturated rings. The van der Waals surface area contributed by atoms with Crippen LogP contribution in [-0.2, 0) is 4.79 Å². The van der Waals surface area contributed by atoms with Gasteiger partial charge in [0.25, 0.3) is 5.91 Å². The van der Waals surface area contributed by atoms with Crippen molar-refractivity contribution in [1.82, 2.24) is 0 Å². The van der Waals surface area contributed by atoms with Crippen molar-refractivity contribution in [2.24, 2.45) is 5.92 Å². The fraction of sp³-hybridized carbons (Fsp3) is 0.529. The summed E-state index contributed by atoms with van der Waals surface area (Å²) in [5.74, 6) is 1.28. The van der Waals surface area contributed by atoms with Gasteiger partial charge in [0.05, 0.1) is 5.69 Å². The summed E-state index contributed by atoms with van der Waals surface area (Å²) in [6, 6.07) is 5.38. The Kier molecular flexibility index (Phi) is 4.99. The zero-order chi connectivity index (χ0) is 15.4. The molecule has 0 aliphatic carbocycles. The molecular weight excluding hydrogens is 266 g/mol. The van der Waals surface area contributed by atoms with Crippen molar-refractivity contribution >= 4 is 17.4 Å². The van der Waals surface area contributed by atoms with Crippen molar-refractivity contribution < 1.29 is 14.3 Å². The number of fused-ring (bicyclic) bond motifs is 1. The van der Waals surface area contributed by atoms with Gasteiger partial charge in [-0.25, -0.2) is 0 Å². The van der Waals surface area contributed by atoms with Crippen LogP contribution in [0.1, 0.15) is 50.4 Å². The molecule has 0 aromatic heterocycles. The Hall–Kier alpha value is -1.84. The number of carbonyl (C=O) groups is 2. The maximum atomic E-state index is 12.1. The molecule has 4 nitrogen and oxygen atoms in total. The van der Waals surface area contributed by atoms with Gasteiger partial charge in [0, 0.05) is 18.5 Å². The maximum Gasteiger partial charge on any atom is 0.265 e. The lowest BCUT2D eigenvalue weighted by Crippen LogP contribution is -2.39. The number of amides is 1. The SMILES string of the molecule is CCCC(=O)c1ccc2c(c1)N(CCC(C)C)C(=O)CO2. The first-order chi connectivity index (χ1) is 10.0. The van der Waals surface area contributed by atoms with E-state index in [4.69, 9.17) is 4.74 Å². The first-order valence-electron chi connectivity index (χ1n) is 7.63. The summed E-state index contributed by atoms with van der Waals surface area (Å²) >= 11 is 0. The molecule has 0 spiro atoms. The average Bonchev–Trinajstić information content (AvgIpc) is 2.45. The molecule has 1 aliphatic rings. The molecule has 0 saturated carbocycles. The molecular formula is C17H23NO3. The third kappa shape index (κ3) is 3.63. The monoisotopic (exact) mass is 289 g/mol. The number of hydrogen-bond acceptors (Lipinski definition) is 3. The molecule has 4 heteroatoms. The number of hydrogen-bond donors (Lipinski definition) is 0. The highest BCUT2D eigenvalue weighted by Gasteiger charge is 2.26. The van der Waals surface area contributed by atoms with Crippen LogP contribution < -0.4 is 9.64 Å². The molecule has 1 heterocycles. The second-order valence-corrected chi connectivity index (χ2v) is 5.87. The van der Waals surface area contributed by atoms with Crippen LogP contribution in [0.2, 0.25) is 0 Å². The predicted molar refractivity (Wildman–Crippen MR) is 83.0 cm³/mol. The van der Waals surface area contributed by atoms with E-state index in [1.54, 1.807) is 23.1 Å². The smallest absolute Gasteiger partial charge is 0.265 e. The summed E-state index contributed by atoms with van der Waals surface area (Å²) in [6.07, 6.45) is 2.28. The van der Waals surface area contributed by atoms with Crippen LogP contribution in [0.25, 0.3) is 0 Å². The van der Waals surface area contributed by atoms with Crippen LogP contribution >= 0.6 is 0 Å². The normalized spacial score (nSPS) is 14.1. The molecule has 1 aromatic rings. The molecule has 0 atom stereocenters. The molecule has 0 radical (unpaired) electrons. The Labute approximate surface area is 126 Å². The van der Waals surface area contributed by atoms with Crippen LogP contribution in [-0.4, -0.2) is 24.8 Å². The number of ketones is 1.